The van der Waals surface area contributed by atoms with Crippen molar-refractivity contribution in [2.45, 2.75) is 25.8 Å². The Labute approximate surface area is 162 Å². The molecule has 2 aromatic carbocycles. The zero-order chi connectivity index (χ0) is 19.3. The Kier molecular flexibility index (Phi) is 5.43. The molecule has 1 aliphatic heterocycles. The highest BCUT2D eigenvalue weighted by molar-refractivity contribution is 5.92. The molecule has 7 nitrogen and oxygen atoms in total. The van der Waals surface area contributed by atoms with Crippen molar-refractivity contribution in [3.05, 3.63) is 48.3 Å². The number of ether oxygens (including phenoxy) is 2. The molecule has 28 heavy (non-hydrogen) atoms. The number of carbonyl (C=O) groups excluding carboxylic acids is 1. The summed E-state index contributed by atoms with van der Waals surface area (Å²) in [5.41, 5.74) is 2.42. The maximum atomic E-state index is 12.7. The van der Waals surface area contributed by atoms with Crippen LogP contribution in [0.15, 0.2) is 42.5 Å². The van der Waals surface area contributed by atoms with Gasteiger partial charge in [0.05, 0.1) is 24.2 Å². The first-order valence-corrected chi connectivity index (χ1v) is 9.49. The second-order valence-corrected chi connectivity index (χ2v) is 6.69. The van der Waals surface area contributed by atoms with Gasteiger partial charge >= 0.3 is 0 Å². The summed E-state index contributed by atoms with van der Waals surface area (Å²) in [4.78, 5) is 17.3. The van der Waals surface area contributed by atoms with Gasteiger partial charge in [-0.25, -0.2) is 4.98 Å². The molecule has 4 rings (SSSR count). The number of anilines is 1. The van der Waals surface area contributed by atoms with Crippen LogP contribution in [0.1, 0.15) is 18.7 Å². The van der Waals surface area contributed by atoms with E-state index < -0.39 is 0 Å². The summed E-state index contributed by atoms with van der Waals surface area (Å²) in [5.74, 6) is 1.99. The van der Waals surface area contributed by atoms with Gasteiger partial charge in [0.15, 0.2) is 11.5 Å². The number of para-hydroxylation sites is 2. The standard InChI is InChI=1S/C21H23N3O4/c25-10-3-7-20-23-16-5-1-2-6-17(16)24(20)14-21(26)22-15-8-9-18-19(13-15)28-12-4-11-27-18/h1-2,5-6,8-9,13,25H,3-4,7,10-12,14H2,(H,22,26). The van der Waals surface area contributed by atoms with Crippen LogP contribution in [-0.4, -0.2) is 40.4 Å². The zero-order valence-electron chi connectivity index (χ0n) is 15.6. The number of imidazole rings is 1. The Bertz CT molecular complexity index is 983. The molecule has 0 spiro atoms. The number of amides is 1. The van der Waals surface area contributed by atoms with Crippen LogP contribution < -0.4 is 14.8 Å². The summed E-state index contributed by atoms with van der Waals surface area (Å²) in [6.45, 7) is 1.46. The number of aliphatic hydroxyl groups is 1. The molecule has 0 saturated heterocycles. The van der Waals surface area contributed by atoms with Gasteiger partial charge in [0, 0.05) is 31.2 Å². The first-order valence-electron chi connectivity index (χ1n) is 9.49. The van der Waals surface area contributed by atoms with Gasteiger partial charge in [-0.05, 0) is 30.7 Å². The van der Waals surface area contributed by atoms with Gasteiger partial charge in [-0.3, -0.25) is 4.79 Å². The Morgan fingerprint density at radius 3 is 2.82 bits per heavy atom. The van der Waals surface area contributed by atoms with Crippen LogP contribution in [0, 0.1) is 0 Å². The fourth-order valence-electron chi connectivity index (χ4n) is 3.32. The molecule has 0 bridgehead atoms. The van der Waals surface area contributed by atoms with Crippen molar-refractivity contribution in [2.24, 2.45) is 0 Å². The highest BCUT2D eigenvalue weighted by Crippen LogP contribution is 2.32. The molecule has 0 aliphatic carbocycles. The number of rotatable bonds is 6. The van der Waals surface area contributed by atoms with E-state index in [1.165, 1.54) is 0 Å². The van der Waals surface area contributed by atoms with Gasteiger partial charge in [0.2, 0.25) is 5.91 Å². The molecule has 2 N–H and O–H groups in total. The summed E-state index contributed by atoms with van der Waals surface area (Å²) in [6.07, 6.45) is 2.05. The summed E-state index contributed by atoms with van der Waals surface area (Å²) >= 11 is 0. The summed E-state index contributed by atoms with van der Waals surface area (Å²) in [7, 11) is 0. The number of carbonyl (C=O) groups is 1. The van der Waals surface area contributed by atoms with Gasteiger partial charge < -0.3 is 24.5 Å². The van der Waals surface area contributed by atoms with Crippen molar-refractivity contribution >= 4 is 22.6 Å². The lowest BCUT2D eigenvalue weighted by atomic mass is 10.2. The van der Waals surface area contributed by atoms with Crippen molar-refractivity contribution < 1.29 is 19.4 Å². The van der Waals surface area contributed by atoms with Gasteiger partial charge in [0.1, 0.15) is 12.4 Å². The van der Waals surface area contributed by atoms with E-state index in [2.05, 4.69) is 10.3 Å². The number of benzene rings is 2. The molecular formula is C21H23N3O4. The molecule has 1 amide bonds. The quantitative estimate of drug-likeness (QED) is 0.686. The van der Waals surface area contributed by atoms with Crippen LogP contribution >= 0.6 is 0 Å². The number of aryl methyl sites for hydroxylation is 1. The molecule has 2 heterocycles. The predicted molar refractivity (Wildman–Crippen MR) is 106 cm³/mol. The minimum absolute atomic E-state index is 0.0899. The van der Waals surface area contributed by atoms with E-state index in [4.69, 9.17) is 14.6 Å². The van der Waals surface area contributed by atoms with E-state index in [1.807, 2.05) is 41.0 Å². The number of nitrogens with zero attached hydrogens (tertiary/aromatic N) is 2. The third-order valence-corrected chi connectivity index (χ3v) is 4.63. The number of hydrogen-bond donors (Lipinski definition) is 2. The predicted octanol–water partition coefficient (Wildman–Crippen LogP) is 2.76. The van der Waals surface area contributed by atoms with E-state index in [9.17, 15) is 4.79 Å². The first-order chi connectivity index (χ1) is 13.7. The normalized spacial score (nSPS) is 13.3. The largest absolute Gasteiger partial charge is 0.490 e. The SMILES string of the molecule is O=C(Cn1c(CCCO)nc2ccccc21)Nc1ccc2c(c1)OCCCO2. The summed E-state index contributed by atoms with van der Waals surface area (Å²) in [6, 6.07) is 13.1. The summed E-state index contributed by atoms with van der Waals surface area (Å²) < 4.78 is 13.2. The Morgan fingerprint density at radius 2 is 1.96 bits per heavy atom. The molecule has 146 valence electrons. The van der Waals surface area contributed by atoms with Crippen LogP contribution in [0.25, 0.3) is 11.0 Å². The molecule has 0 atom stereocenters. The highest BCUT2D eigenvalue weighted by atomic mass is 16.5. The number of aromatic nitrogens is 2. The molecule has 1 aromatic heterocycles. The Hall–Kier alpha value is -3.06. The Morgan fingerprint density at radius 1 is 1.14 bits per heavy atom. The average Bonchev–Trinajstić information content (AvgIpc) is 2.87. The molecule has 7 heteroatoms. The van der Waals surface area contributed by atoms with Crippen LogP contribution in [0.5, 0.6) is 11.5 Å². The number of nitrogens with one attached hydrogen (secondary N) is 1. The first kappa shape index (κ1) is 18.3. The van der Waals surface area contributed by atoms with Gasteiger partial charge in [0.25, 0.3) is 0 Å². The molecule has 0 fully saturated rings. The van der Waals surface area contributed by atoms with Gasteiger partial charge in [-0.15, -0.1) is 0 Å². The van der Waals surface area contributed by atoms with Crippen molar-refractivity contribution in [1.29, 1.82) is 0 Å². The van der Waals surface area contributed by atoms with Crippen LogP contribution in [0.4, 0.5) is 5.69 Å². The second kappa shape index (κ2) is 8.31. The lowest BCUT2D eigenvalue weighted by molar-refractivity contribution is -0.116. The zero-order valence-corrected chi connectivity index (χ0v) is 15.6. The van der Waals surface area contributed by atoms with Gasteiger partial charge in [-0.1, -0.05) is 12.1 Å². The molecule has 3 aromatic rings. The van der Waals surface area contributed by atoms with Crippen molar-refractivity contribution in [1.82, 2.24) is 9.55 Å². The minimum Gasteiger partial charge on any atom is -0.490 e. The minimum atomic E-state index is -0.150. The fraction of sp³-hybridized carbons (Fsp3) is 0.333. The lowest BCUT2D eigenvalue weighted by Crippen LogP contribution is -2.20. The van der Waals surface area contributed by atoms with Gasteiger partial charge in [-0.2, -0.15) is 0 Å². The van der Waals surface area contributed by atoms with Crippen molar-refractivity contribution in [2.75, 3.05) is 25.1 Å². The maximum absolute atomic E-state index is 12.7. The third-order valence-electron chi connectivity index (χ3n) is 4.63. The fourth-order valence-corrected chi connectivity index (χ4v) is 3.32. The number of hydrogen-bond acceptors (Lipinski definition) is 5. The third kappa shape index (κ3) is 3.94. The smallest absolute Gasteiger partial charge is 0.244 e. The number of fused-ring (bicyclic) bond motifs is 2. The molecule has 0 unspecified atom stereocenters. The van der Waals surface area contributed by atoms with E-state index in [1.54, 1.807) is 6.07 Å². The second-order valence-electron chi connectivity index (χ2n) is 6.69. The molecule has 1 aliphatic rings. The maximum Gasteiger partial charge on any atom is 0.244 e. The van der Waals surface area contributed by atoms with Crippen LogP contribution in [0.2, 0.25) is 0 Å². The van der Waals surface area contributed by atoms with E-state index in [0.717, 1.165) is 23.3 Å². The Balaban J connectivity index is 1.53. The van der Waals surface area contributed by atoms with E-state index >= 15 is 0 Å². The topological polar surface area (TPSA) is 85.6 Å². The molecular weight excluding hydrogens is 358 g/mol. The van der Waals surface area contributed by atoms with Crippen molar-refractivity contribution in [3.8, 4) is 11.5 Å². The van der Waals surface area contributed by atoms with Crippen LogP contribution in [-0.2, 0) is 17.8 Å². The monoisotopic (exact) mass is 381 g/mol. The van der Waals surface area contributed by atoms with Crippen molar-refractivity contribution in [3.63, 3.8) is 0 Å². The average molecular weight is 381 g/mol. The number of aliphatic hydroxyl groups excluding tert-OH is 1. The lowest BCUT2D eigenvalue weighted by Gasteiger charge is -2.12. The highest BCUT2D eigenvalue weighted by Gasteiger charge is 2.15. The van der Waals surface area contributed by atoms with Crippen LogP contribution in [0.3, 0.4) is 0 Å². The van der Waals surface area contributed by atoms with E-state index in [0.29, 0.717) is 43.2 Å². The van der Waals surface area contributed by atoms with E-state index in [-0.39, 0.29) is 19.1 Å². The summed E-state index contributed by atoms with van der Waals surface area (Å²) in [5, 5.41) is 12.1. The molecule has 0 radical (unpaired) electrons. The molecule has 0 saturated carbocycles.